The Balaban J connectivity index is 2.19. The van der Waals surface area contributed by atoms with Crippen LogP contribution >= 0.6 is 0 Å². The molecule has 0 aliphatic heterocycles. The summed E-state index contributed by atoms with van der Waals surface area (Å²) in [7, 11) is 0. The van der Waals surface area contributed by atoms with E-state index in [1.807, 2.05) is 6.07 Å². The third kappa shape index (κ3) is 1.79. The summed E-state index contributed by atoms with van der Waals surface area (Å²) in [6.07, 6.45) is 3.05. The maximum atomic E-state index is 9.16. The minimum absolute atomic E-state index is 0.224. The Kier molecular flexibility index (Phi) is 1.88. The van der Waals surface area contributed by atoms with Crippen molar-refractivity contribution in [3.63, 3.8) is 0 Å². The van der Waals surface area contributed by atoms with Gasteiger partial charge in [0.25, 0.3) is 0 Å². The molecule has 0 radical (unpaired) electrons. The second-order valence-corrected chi connectivity index (χ2v) is 2.59. The maximum Gasteiger partial charge on any atom is 0.147 e. The third-order valence-electron chi connectivity index (χ3n) is 1.57. The van der Waals surface area contributed by atoms with Crippen molar-refractivity contribution in [3.05, 3.63) is 36.7 Å². The number of benzene rings is 1. The number of aromatic nitrogens is 1. The number of anilines is 2. The Labute approximate surface area is 74.8 Å². The van der Waals surface area contributed by atoms with Gasteiger partial charge in [-0.25, -0.2) is 0 Å². The van der Waals surface area contributed by atoms with Crippen molar-refractivity contribution in [2.75, 3.05) is 5.32 Å². The molecule has 0 atom stereocenters. The van der Waals surface area contributed by atoms with Gasteiger partial charge in [0.15, 0.2) is 0 Å². The highest BCUT2D eigenvalue weighted by atomic mass is 16.5. The number of nitrogens with zero attached hydrogens (tertiary/aromatic N) is 1. The van der Waals surface area contributed by atoms with Crippen LogP contribution in [-0.4, -0.2) is 10.3 Å². The quantitative estimate of drug-likeness (QED) is 0.735. The number of phenolic OH excluding ortho intramolecular Hbond substituents is 1. The van der Waals surface area contributed by atoms with E-state index in [9.17, 15) is 0 Å². The van der Waals surface area contributed by atoms with E-state index in [4.69, 9.17) is 5.11 Å². The van der Waals surface area contributed by atoms with E-state index in [1.54, 1.807) is 24.4 Å². The van der Waals surface area contributed by atoms with Gasteiger partial charge in [-0.05, 0) is 12.1 Å². The zero-order chi connectivity index (χ0) is 9.10. The van der Waals surface area contributed by atoms with E-state index >= 15 is 0 Å². The molecule has 4 heteroatoms. The first-order chi connectivity index (χ1) is 6.34. The van der Waals surface area contributed by atoms with Crippen LogP contribution in [-0.2, 0) is 0 Å². The third-order valence-corrected chi connectivity index (χ3v) is 1.57. The summed E-state index contributed by atoms with van der Waals surface area (Å²) in [4.78, 5) is 0. The lowest BCUT2D eigenvalue weighted by molar-refractivity contribution is 0.420. The van der Waals surface area contributed by atoms with Gasteiger partial charge >= 0.3 is 0 Å². The molecule has 0 amide bonds. The molecule has 0 saturated heterocycles. The molecule has 4 nitrogen and oxygen atoms in total. The standard InChI is InChI=1S/C9H8N2O2/c12-9-3-1-2-7(4-9)11-8-5-10-13-6-8/h1-6,11-12H. The molecule has 1 aromatic carbocycles. The van der Waals surface area contributed by atoms with Crippen molar-refractivity contribution in [3.8, 4) is 5.75 Å². The highest BCUT2D eigenvalue weighted by Gasteiger charge is 1.96. The van der Waals surface area contributed by atoms with Gasteiger partial charge < -0.3 is 14.9 Å². The predicted octanol–water partition coefficient (Wildman–Crippen LogP) is 2.12. The average molecular weight is 176 g/mol. The van der Waals surface area contributed by atoms with Crippen LogP contribution in [0.4, 0.5) is 11.4 Å². The Morgan fingerprint density at radius 1 is 1.31 bits per heavy atom. The molecule has 0 aliphatic rings. The summed E-state index contributed by atoms with van der Waals surface area (Å²) < 4.78 is 4.64. The molecular weight excluding hydrogens is 168 g/mol. The predicted molar refractivity (Wildman–Crippen MR) is 47.9 cm³/mol. The van der Waals surface area contributed by atoms with E-state index in [0.717, 1.165) is 11.4 Å². The molecule has 2 aromatic rings. The molecule has 1 aromatic heterocycles. The molecule has 0 unspecified atom stereocenters. The van der Waals surface area contributed by atoms with Gasteiger partial charge in [0, 0.05) is 11.8 Å². The van der Waals surface area contributed by atoms with Crippen molar-refractivity contribution in [1.29, 1.82) is 0 Å². The fourth-order valence-electron chi connectivity index (χ4n) is 1.02. The molecular formula is C9H8N2O2. The average Bonchev–Trinajstić information content (AvgIpc) is 2.57. The van der Waals surface area contributed by atoms with E-state index in [0.29, 0.717) is 0 Å². The van der Waals surface area contributed by atoms with Crippen LogP contribution in [0.3, 0.4) is 0 Å². The van der Waals surface area contributed by atoms with E-state index < -0.39 is 0 Å². The molecule has 0 fully saturated rings. The van der Waals surface area contributed by atoms with Gasteiger partial charge in [0.1, 0.15) is 12.0 Å². The van der Waals surface area contributed by atoms with E-state index in [2.05, 4.69) is 15.0 Å². The second kappa shape index (κ2) is 3.18. The van der Waals surface area contributed by atoms with Crippen LogP contribution in [0.2, 0.25) is 0 Å². The number of nitrogens with one attached hydrogen (secondary N) is 1. The van der Waals surface area contributed by atoms with Crippen LogP contribution in [0.5, 0.6) is 5.75 Å². The first kappa shape index (κ1) is 7.67. The smallest absolute Gasteiger partial charge is 0.147 e. The molecule has 66 valence electrons. The Hall–Kier alpha value is -1.97. The molecule has 13 heavy (non-hydrogen) atoms. The first-order valence-electron chi connectivity index (χ1n) is 3.80. The van der Waals surface area contributed by atoms with Gasteiger partial charge in [-0.3, -0.25) is 0 Å². The summed E-state index contributed by atoms with van der Waals surface area (Å²) in [5, 5.41) is 15.7. The van der Waals surface area contributed by atoms with Crippen LogP contribution in [0.25, 0.3) is 0 Å². The minimum atomic E-state index is 0.224. The number of hydrogen-bond acceptors (Lipinski definition) is 4. The molecule has 2 rings (SSSR count). The van der Waals surface area contributed by atoms with Crippen molar-refractivity contribution >= 4 is 11.4 Å². The van der Waals surface area contributed by atoms with Crippen molar-refractivity contribution in [2.24, 2.45) is 0 Å². The molecule has 2 N–H and O–H groups in total. The topological polar surface area (TPSA) is 58.3 Å². The van der Waals surface area contributed by atoms with Gasteiger partial charge in [-0.15, -0.1) is 0 Å². The lowest BCUT2D eigenvalue weighted by atomic mass is 10.3. The highest BCUT2D eigenvalue weighted by molar-refractivity contribution is 5.58. The largest absolute Gasteiger partial charge is 0.508 e. The van der Waals surface area contributed by atoms with Gasteiger partial charge in [-0.2, -0.15) is 0 Å². The molecule has 0 spiro atoms. The fourth-order valence-corrected chi connectivity index (χ4v) is 1.02. The zero-order valence-electron chi connectivity index (χ0n) is 6.77. The number of aromatic hydroxyl groups is 1. The summed E-state index contributed by atoms with van der Waals surface area (Å²) in [5.41, 5.74) is 1.55. The van der Waals surface area contributed by atoms with E-state index in [1.165, 1.54) is 6.26 Å². The van der Waals surface area contributed by atoms with Crippen molar-refractivity contribution < 1.29 is 9.63 Å². The first-order valence-corrected chi connectivity index (χ1v) is 3.80. The zero-order valence-corrected chi connectivity index (χ0v) is 6.77. The second-order valence-electron chi connectivity index (χ2n) is 2.59. The lowest BCUT2D eigenvalue weighted by Gasteiger charge is -2.01. The van der Waals surface area contributed by atoms with Crippen LogP contribution in [0.1, 0.15) is 0 Å². The van der Waals surface area contributed by atoms with Crippen LogP contribution < -0.4 is 5.32 Å². The number of hydrogen-bond donors (Lipinski definition) is 2. The summed E-state index contributed by atoms with van der Waals surface area (Å²) in [6, 6.07) is 6.82. The van der Waals surface area contributed by atoms with Crippen molar-refractivity contribution in [1.82, 2.24) is 5.16 Å². The SMILES string of the molecule is Oc1cccc(Nc2cnoc2)c1. The number of rotatable bonds is 2. The summed E-state index contributed by atoms with van der Waals surface area (Å²) in [6.45, 7) is 0. The molecule has 1 heterocycles. The number of phenols is 1. The Morgan fingerprint density at radius 3 is 2.92 bits per heavy atom. The van der Waals surface area contributed by atoms with Gasteiger partial charge in [-0.1, -0.05) is 11.2 Å². The van der Waals surface area contributed by atoms with E-state index in [-0.39, 0.29) is 5.75 Å². The molecule has 0 saturated carbocycles. The van der Waals surface area contributed by atoms with Crippen molar-refractivity contribution in [2.45, 2.75) is 0 Å². The Bertz CT molecular complexity index is 384. The summed E-state index contributed by atoms with van der Waals surface area (Å²) in [5.74, 6) is 0.224. The fraction of sp³-hybridized carbons (Fsp3) is 0. The minimum Gasteiger partial charge on any atom is -0.508 e. The summed E-state index contributed by atoms with van der Waals surface area (Å²) >= 11 is 0. The van der Waals surface area contributed by atoms with Crippen LogP contribution in [0, 0.1) is 0 Å². The highest BCUT2D eigenvalue weighted by Crippen LogP contribution is 2.19. The Morgan fingerprint density at radius 2 is 2.23 bits per heavy atom. The van der Waals surface area contributed by atoms with Crippen LogP contribution in [0.15, 0.2) is 41.2 Å². The molecule has 0 bridgehead atoms. The normalized spacial score (nSPS) is 9.85. The lowest BCUT2D eigenvalue weighted by Crippen LogP contribution is -1.86. The molecule has 0 aliphatic carbocycles. The van der Waals surface area contributed by atoms with Gasteiger partial charge in [0.05, 0.1) is 11.9 Å². The monoisotopic (exact) mass is 176 g/mol. The maximum absolute atomic E-state index is 9.16. The van der Waals surface area contributed by atoms with Gasteiger partial charge in [0.2, 0.25) is 0 Å².